The zero-order valence-corrected chi connectivity index (χ0v) is 17.1. The topological polar surface area (TPSA) is 55.4 Å². The van der Waals surface area contributed by atoms with Crippen LogP contribution >= 0.6 is 0 Å². The molecule has 3 aromatic rings. The van der Waals surface area contributed by atoms with Crippen LogP contribution in [0.4, 0.5) is 5.69 Å². The van der Waals surface area contributed by atoms with Crippen molar-refractivity contribution in [3.8, 4) is 5.75 Å². The Bertz CT molecular complexity index is 1060. The van der Waals surface area contributed by atoms with Gasteiger partial charge in [0.25, 0.3) is 5.91 Å². The number of hydrogen-bond donors (Lipinski definition) is 1. The number of hydrogen-bond acceptors (Lipinski definition) is 3. The molecule has 1 aliphatic carbocycles. The molecule has 1 N–H and O–H groups in total. The van der Waals surface area contributed by atoms with Crippen LogP contribution in [0.1, 0.15) is 46.8 Å². The van der Waals surface area contributed by atoms with E-state index in [0.29, 0.717) is 22.6 Å². The molecular weight excluding hydrogens is 374 g/mol. The van der Waals surface area contributed by atoms with Crippen molar-refractivity contribution in [1.82, 2.24) is 0 Å². The van der Waals surface area contributed by atoms with Gasteiger partial charge >= 0.3 is 0 Å². The summed E-state index contributed by atoms with van der Waals surface area (Å²) in [5.41, 5.74) is 4.21. The lowest BCUT2D eigenvalue weighted by atomic mass is 9.92. The largest absolute Gasteiger partial charge is 0.481 e. The summed E-state index contributed by atoms with van der Waals surface area (Å²) >= 11 is 0. The minimum Gasteiger partial charge on any atom is -0.481 e. The van der Waals surface area contributed by atoms with E-state index >= 15 is 0 Å². The summed E-state index contributed by atoms with van der Waals surface area (Å²) < 4.78 is 5.90. The smallest absolute Gasteiger partial charge is 0.265 e. The highest BCUT2D eigenvalue weighted by Crippen LogP contribution is 2.26. The third kappa shape index (κ3) is 4.43. The molecule has 30 heavy (non-hydrogen) atoms. The maximum atomic E-state index is 12.9. The van der Waals surface area contributed by atoms with Gasteiger partial charge in [-0.3, -0.25) is 9.59 Å². The van der Waals surface area contributed by atoms with E-state index in [4.69, 9.17) is 4.74 Å². The van der Waals surface area contributed by atoms with E-state index in [9.17, 15) is 9.59 Å². The average Bonchev–Trinajstić information content (AvgIpc) is 2.79. The molecule has 4 nitrogen and oxygen atoms in total. The number of nitrogens with one attached hydrogen (secondary N) is 1. The first kappa shape index (κ1) is 19.9. The fraction of sp³-hybridized carbons (Fsp3) is 0.231. The molecular formula is C26H25NO3. The van der Waals surface area contributed by atoms with Gasteiger partial charge in [-0.25, -0.2) is 0 Å². The quantitative estimate of drug-likeness (QED) is 0.580. The van der Waals surface area contributed by atoms with Crippen LogP contribution in [0.5, 0.6) is 5.75 Å². The van der Waals surface area contributed by atoms with Crippen molar-refractivity contribution in [2.45, 2.75) is 38.7 Å². The number of benzene rings is 3. The first-order chi connectivity index (χ1) is 14.6. The monoisotopic (exact) mass is 399 g/mol. The van der Waals surface area contributed by atoms with Crippen LogP contribution in [0.15, 0.2) is 72.8 Å². The second-order valence-electron chi connectivity index (χ2n) is 7.63. The van der Waals surface area contributed by atoms with Crippen LogP contribution in [0.25, 0.3) is 0 Å². The molecule has 1 aliphatic rings. The lowest BCUT2D eigenvalue weighted by molar-refractivity contribution is -0.122. The fourth-order valence-corrected chi connectivity index (χ4v) is 3.81. The summed E-state index contributed by atoms with van der Waals surface area (Å²) in [4.78, 5) is 25.6. The second kappa shape index (κ2) is 8.95. The Morgan fingerprint density at radius 1 is 0.867 bits per heavy atom. The zero-order valence-electron chi connectivity index (χ0n) is 17.1. The van der Waals surface area contributed by atoms with Gasteiger partial charge in [-0.1, -0.05) is 48.5 Å². The van der Waals surface area contributed by atoms with Crippen molar-refractivity contribution in [3.05, 3.63) is 95.1 Å². The standard InChI is InChI=1S/C26H25NO3/c1-18(30-22-16-15-19-9-5-6-12-21(19)17-22)26(29)27-24-14-8-7-13-23(24)25(28)20-10-3-2-4-11-20/h2-4,7-8,10-11,13-18H,5-6,9,12H2,1H3,(H,27,29)/t18-/m1/s1. The highest BCUT2D eigenvalue weighted by Gasteiger charge is 2.20. The minimum atomic E-state index is -0.688. The van der Waals surface area contributed by atoms with Gasteiger partial charge in [-0.15, -0.1) is 0 Å². The molecule has 0 aliphatic heterocycles. The molecule has 152 valence electrons. The molecule has 1 atom stereocenters. The maximum Gasteiger partial charge on any atom is 0.265 e. The number of ketones is 1. The number of anilines is 1. The van der Waals surface area contributed by atoms with Crippen molar-refractivity contribution >= 4 is 17.4 Å². The van der Waals surface area contributed by atoms with E-state index in [1.807, 2.05) is 30.3 Å². The molecule has 0 radical (unpaired) electrons. The van der Waals surface area contributed by atoms with E-state index < -0.39 is 6.10 Å². The highest BCUT2D eigenvalue weighted by atomic mass is 16.5. The van der Waals surface area contributed by atoms with Gasteiger partial charge in [0.1, 0.15) is 5.75 Å². The SMILES string of the molecule is C[C@@H](Oc1ccc2c(c1)CCCC2)C(=O)Nc1ccccc1C(=O)c1ccccc1. The van der Waals surface area contributed by atoms with Gasteiger partial charge in [0.05, 0.1) is 5.69 Å². The summed E-state index contributed by atoms with van der Waals surface area (Å²) in [6.07, 6.45) is 3.90. The molecule has 0 aromatic heterocycles. The molecule has 0 saturated heterocycles. The molecule has 4 rings (SSSR count). The number of carbonyl (C=O) groups is 2. The average molecular weight is 399 g/mol. The minimum absolute atomic E-state index is 0.130. The van der Waals surface area contributed by atoms with Crippen LogP contribution in [0, 0.1) is 0 Å². The Morgan fingerprint density at radius 2 is 1.57 bits per heavy atom. The molecule has 3 aromatic carbocycles. The van der Waals surface area contributed by atoms with Crippen molar-refractivity contribution in [1.29, 1.82) is 0 Å². The van der Waals surface area contributed by atoms with E-state index in [-0.39, 0.29) is 11.7 Å². The fourth-order valence-electron chi connectivity index (χ4n) is 3.81. The molecule has 0 heterocycles. The van der Waals surface area contributed by atoms with E-state index in [1.165, 1.54) is 24.0 Å². The number of rotatable bonds is 6. The number of aryl methyl sites for hydroxylation is 2. The highest BCUT2D eigenvalue weighted by molar-refractivity contribution is 6.14. The predicted octanol–water partition coefficient (Wildman–Crippen LogP) is 5.20. The number of carbonyl (C=O) groups excluding carboxylic acids is 2. The summed E-state index contributed by atoms with van der Waals surface area (Å²) in [7, 11) is 0. The number of para-hydroxylation sites is 1. The van der Waals surface area contributed by atoms with Crippen molar-refractivity contribution in [2.24, 2.45) is 0 Å². The van der Waals surface area contributed by atoms with Crippen LogP contribution in [0.2, 0.25) is 0 Å². The molecule has 4 heteroatoms. The molecule has 0 bridgehead atoms. The molecule has 1 amide bonds. The van der Waals surface area contributed by atoms with Gasteiger partial charge in [-0.05, 0) is 68.0 Å². The van der Waals surface area contributed by atoms with Crippen LogP contribution in [-0.4, -0.2) is 17.8 Å². The van der Waals surface area contributed by atoms with E-state index in [1.54, 1.807) is 43.3 Å². The van der Waals surface area contributed by atoms with E-state index in [0.717, 1.165) is 12.8 Å². The Labute approximate surface area is 176 Å². The van der Waals surface area contributed by atoms with E-state index in [2.05, 4.69) is 11.4 Å². The molecule has 0 unspecified atom stereocenters. The predicted molar refractivity (Wildman–Crippen MR) is 118 cm³/mol. The van der Waals surface area contributed by atoms with Gasteiger partial charge in [0.2, 0.25) is 0 Å². The van der Waals surface area contributed by atoms with Crippen molar-refractivity contribution in [2.75, 3.05) is 5.32 Å². The third-order valence-electron chi connectivity index (χ3n) is 5.47. The van der Waals surface area contributed by atoms with Crippen molar-refractivity contribution < 1.29 is 14.3 Å². The number of fused-ring (bicyclic) bond motifs is 1. The van der Waals surface area contributed by atoms with Crippen LogP contribution in [0.3, 0.4) is 0 Å². The van der Waals surface area contributed by atoms with Gasteiger partial charge in [-0.2, -0.15) is 0 Å². The number of amides is 1. The maximum absolute atomic E-state index is 12.9. The van der Waals surface area contributed by atoms with Gasteiger partial charge in [0.15, 0.2) is 11.9 Å². The first-order valence-electron chi connectivity index (χ1n) is 10.4. The van der Waals surface area contributed by atoms with Crippen LogP contribution in [-0.2, 0) is 17.6 Å². The summed E-state index contributed by atoms with van der Waals surface area (Å²) in [6, 6.07) is 22.2. The normalized spacial score (nSPS) is 13.8. The Morgan fingerprint density at radius 3 is 2.37 bits per heavy atom. The molecule has 0 spiro atoms. The zero-order chi connectivity index (χ0) is 20.9. The summed E-state index contributed by atoms with van der Waals surface area (Å²) in [6.45, 7) is 1.72. The molecule has 0 saturated carbocycles. The Kier molecular flexibility index (Phi) is 5.94. The molecule has 0 fully saturated rings. The second-order valence-corrected chi connectivity index (χ2v) is 7.63. The number of ether oxygens (including phenoxy) is 1. The first-order valence-corrected chi connectivity index (χ1v) is 10.4. The Balaban J connectivity index is 1.47. The van der Waals surface area contributed by atoms with Crippen molar-refractivity contribution in [3.63, 3.8) is 0 Å². The van der Waals surface area contributed by atoms with Gasteiger partial charge < -0.3 is 10.1 Å². The lowest BCUT2D eigenvalue weighted by Gasteiger charge is -2.19. The third-order valence-corrected chi connectivity index (χ3v) is 5.47. The lowest BCUT2D eigenvalue weighted by Crippen LogP contribution is -2.30. The van der Waals surface area contributed by atoms with Gasteiger partial charge in [0, 0.05) is 11.1 Å². The van der Waals surface area contributed by atoms with Crippen LogP contribution < -0.4 is 10.1 Å². The Hall–Kier alpha value is -3.40. The summed E-state index contributed by atoms with van der Waals surface area (Å²) in [5, 5.41) is 2.86. The summed E-state index contributed by atoms with van der Waals surface area (Å²) in [5.74, 6) is 0.280.